The number of hydrogen-bond acceptors (Lipinski definition) is 5. The van der Waals surface area contributed by atoms with Gasteiger partial charge >= 0.3 is 0 Å². The highest BCUT2D eigenvalue weighted by Crippen LogP contribution is 2.34. The third-order valence-corrected chi connectivity index (χ3v) is 4.98. The molecule has 1 aromatic rings. The zero-order chi connectivity index (χ0) is 14.8. The number of thioether (sulfide) groups is 1. The first kappa shape index (κ1) is 15.0. The van der Waals surface area contributed by atoms with Gasteiger partial charge in [-0.15, -0.1) is 0 Å². The van der Waals surface area contributed by atoms with Crippen LogP contribution in [0.3, 0.4) is 0 Å². The van der Waals surface area contributed by atoms with Crippen molar-refractivity contribution in [2.75, 3.05) is 36.1 Å². The maximum absolute atomic E-state index is 11.0. The maximum atomic E-state index is 11.0. The number of rotatable bonds is 3. The summed E-state index contributed by atoms with van der Waals surface area (Å²) in [7, 11) is 1.78. The summed E-state index contributed by atoms with van der Waals surface area (Å²) >= 11 is 1.97. The first-order valence-electron chi connectivity index (χ1n) is 6.77. The van der Waals surface area contributed by atoms with Gasteiger partial charge in [0, 0.05) is 54.1 Å². The molecule has 0 aromatic heterocycles. The van der Waals surface area contributed by atoms with Crippen LogP contribution >= 0.6 is 11.8 Å². The fraction of sp³-hybridized carbons (Fsp3) is 0.571. The first-order chi connectivity index (χ1) is 9.41. The average Bonchev–Trinajstić information content (AvgIpc) is 2.59. The number of nitro groups is 1. The van der Waals surface area contributed by atoms with Crippen LogP contribution in [0.4, 0.5) is 17.1 Å². The number of hydrogen-bond donors (Lipinski definition) is 1. The smallest absolute Gasteiger partial charge is 0.273 e. The molecule has 0 aliphatic carbocycles. The molecule has 2 rings (SSSR count). The Balaban J connectivity index is 2.27. The zero-order valence-electron chi connectivity index (χ0n) is 12.2. The lowest BCUT2D eigenvalue weighted by atomic mass is 10.1. The Kier molecular flexibility index (Phi) is 4.42. The van der Waals surface area contributed by atoms with Crippen LogP contribution in [0.5, 0.6) is 0 Å². The molecule has 1 aromatic carbocycles. The number of nitro benzene ring substituents is 1. The molecule has 0 saturated carbocycles. The van der Waals surface area contributed by atoms with Gasteiger partial charge in [-0.2, -0.15) is 11.8 Å². The molecular weight excluding hydrogens is 274 g/mol. The minimum Gasteiger partial charge on any atom is -0.388 e. The summed E-state index contributed by atoms with van der Waals surface area (Å²) in [5, 5.41) is 14.0. The second-order valence-corrected chi connectivity index (χ2v) is 7.39. The summed E-state index contributed by atoms with van der Waals surface area (Å²) in [5.41, 5.74) is 1.86. The molecule has 1 N–H and O–H groups in total. The van der Waals surface area contributed by atoms with Gasteiger partial charge in [0.25, 0.3) is 5.69 Å². The van der Waals surface area contributed by atoms with Gasteiger partial charge in [0.2, 0.25) is 0 Å². The normalized spacial score (nSPS) is 18.4. The Hall–Kier alpha value is -1.43. The molecule has 1 fully saturated rings. The molecule has 0 unspecified atom stereocenters. The minimum absolute atomic E-state index is 0.142. The summed E-state index contributed by atoms with van der Waals surface area (Å²) in [6.07, 6.45) is 1.08. The van der Waals surface area contributed by atoms with Crippen LogP contribution in [0.25, 0.3) is 0 Å². The Labute approximate surface area is 123 Å². The highest BCUT2D eigenvalue weighted by Gasteiger charge is 2.24. The molecule has 6 heteroatoms. The van der Waals surface area contributed by atoms with Gasteiger partial charge in [-0.25, -0.2) is 0 Å². The van der Waals surface area contributed by atoms with Crippen LogP contribution < -0.4 is 10.2 Å². The molecule has 1 aliphatic rings. The van der Waals surface area contributed by atoms with E-state index in [0.717, 1.165) is 36.6 Å². The third kappa shape index (κ3) is 3.56. The quantitative estimate of drug-likeness (QED) is 0.684. The number of non-ortho nitro benzene ring substituents is 1. The Morgan fingerprint density at radius 2 is 2.10 bits per heavy atom. The van der Waals surface area contributed by atoms with E-state index in [1.54, 1.807) is 19.2 Å². The summed E-state index contributed by atoms with van der Waals surface area (Å²) in [5.74, 6) is 1.05. The second kappa shape index (κ2) is 5.91. The summed E-state index contributed by atoms with van der Waals surface area (Å²) < 4.78 is 0.279. The Morgan fingerprint density at radius 1 is 1.35 bits per heavy atom. The predicted octanol–water partition coefficient (Wildman–Crippen LogP) is 3.36. The van der Waals surface area contributed by atoms with Crippen molar-refractivity contribution in [1.29, 1.82) is 0 Å². The number of benzene rings is 1. The van der Waals surface area contributed by atoms with E-state index in [1.165, 1.54) is 0 Å². The maximum Gasteiger partial charge on any atom is 0.273 e. The monoisotopic (exact) mass is 295 g/mol. The minimum atomic E-state index is -0.332. The van der Waals surface area contributed by atoms with E-state index < -0.39 is 0 Å². The lowest BCUT2D eigenvalue weighted by Gasteiger charge is -2.24. The van der Waals surface area contributed by atoms with Gasteiger partial charge in [-0.1, -0.05) is 13.8 Å². The van der Waals surface area contributed by atoms with Crippen molar-refractivity contribution in [2.45, 2.75) is 25.0 Å². The van der Waals surface area contributed by atoms with Crippen LogP contribution in [-0.4, -0.2) is 35.6 Å². The van der Waals surface area contributed by atoms with Crippen LogP contribution in [0, 0.1) is 10.1 Å². The van der Waals surface area contributed by atoms with Crippen molar-refractivity contribution < 1.29 is 4.92 Å². The Morgan fingerprint density at radius 3 is 2.75 bits per heavy atom. The van der Waals surface area contributed by atoms with Crippen LogP contribution in [0.2, 0.25) is 0 Å². The van der Waals surface area contributed by atoms with Crippen molar-refractivity contribution >= 4 is 28.8 Å². The molecular formula is C14H21N3O2S. The van der Waals surface area contributed by atoms with Crippen molar-refractivity contribution in [3.8, 4) is 0 Å². The van der Waals surface area contributed by atoms with Gasteiger partial charge in [-0.3, -0.25) is 10.1 Å². The Bertz CT molecular complexity index is 505. The topological polar surface area (TPSA) is 58.4 Å². The fourth-order valence-corrected chi connectivity index (χ4v) is 3.41. The summed E-state index contributed by atoms with van der Waals surface area (Å²) in [6, 6.07) is 5.22. The van der Waals surface area contributed by atoms with E-state index >= 15 is 0 Å². The van der Waals surface area contributed by atoms with Crippen molar-refractivity contribution in [1.82, 2.24) is 0 Å². The van der Waals surface area contributed by atoms with Gasteiger partial charge in [0.15, 0.2) is 0 Å². The fourth-order valence-electron chi connectivity index (χ4n) is 2.31. The molecule has 0 spiro atoms. The van der Waals surface area contributed by atoms with E-state index in [1.807, 2.05) is 17.8 Å². The van der Waals surface area contributed by atoms with Gasteiger partial charge in [0.05, 0.1) is 4.92 Å². The average molecular weight is 295 g/mol. The lowest BCUT2D eigenvalue weighted by molar-refractivity contribution is -0.384. The van der Waals surface area contributed by atoms with Crippen molar-refractivity contribution in [2.24, 2.45) is 0 Å². The predicted molar refractivity (Wildman–Crippen MR) is 86.0 cm³/mol. The molecule has 0 atom stereocenters. The highest BCUT2D eigenvalue weighted by atomic mass is 32.2. The molecule has 0 bridgehead atoms. The van der Waals surface area contributed by atoms with Gasteiger partial charge in [0.1, 0.15) is 0 Å². The molecule has 20 heavy (non-hydrogen) atoms. The molecule has 110 valence electrons. The number of anilines is 2. The molecule has 5 nitrogen and oxygen atoms in total. The standard InChI is InChI=1S/C14H21N3O2S/c1-14(2)4-5-16(6-7-20-14)12-8-11(15-3)9-13(10-12)17(18)19/h8-10,15H,4-7H2,1-3H3. The summed E-state index contributed by atoms with van der Waals surface area (Å²) in [6.45, 7) is 6.38. The van der Waals surface area contributed by atoms with E-state index in [4.69, 9.17) is 0 Å². The molecule has 1 heterocycles. The van der Waals surface area contributed by atoms with E-state index in [9.17, 15) is 10.1 Å². The molecule has 1 aliphatic heterocycles. The van der Waals surface area contributed by atoms with Gasteiger partial charge in [-0.05, 0) is 12.5 Å². The molecule has 1 saturated heterocycles. The van der Waals surface area contributed by atoms with Crippen LogP contribution in [0.15, 0.2) is 18.2 Å². The third-order valence-electron chi connectivity index (χ3n) is 3.60. The first-order valence-corrected chi connectivity index (χ1v) is 7.76. The van der Waals surface area contributed by atoms with E-state index in [2.05, 4.69) is 24.1 Å². The largest absolute Gasteiger partial charge is 0.388 e. The number of nitrogens with zero attached hydrogens (tertiary/aromatic N) is 2. The van der Waals surface area contributed by atoms with Crippen molar-refractivity contribution in [3.05, 3.63) is 28.3 Å². The number of nitrogens with one attached hydrogen (secondary N) is 1. The highest BCUT2D eigenvalue weighted by molar-refractivity contribution is 8.00. The summed E-state index contributed by atoms with van der Waals surface area (Å²) in [4.78, 5) is 12.9. The van der Waals surface area contributed by atoms with Gasteiger partial charge < -0.3 is 10.2 Å². The second-order valence-electron chi connectivity index (χ2n) is 5.59. The van der Waals surface area contributed by atoms with Crippen molar-refractivity contribution in [3.63, 3.8) is 0 Å². The van der Waals surface area contributed by atoms with E-state index in [0.29, 0.717) is 0 Å². The lowest BCUT2D eigenvalue weighted by Crippen LogP contribution is -2.27. The zero-order valence-corrected chi connectivity index (χ0v) is 13.0. The molecule has 0 amide bonds. The molecule has 0 radical (unpaired) electrons. The van der Waals surface area contributed by atoms with Crippen LogP contribution in [-0.2, 0) is 0 Å². The van der Waals surface area contributed by atoms with Crippen LogP contribution in [0.1, 0.15) is 20.3 Å². The SMILES string of the molecule is CNc1cc(N2CCSC(C)(C)CC2)cc([N+](=O)[O-])c1. The van der Waals surface area contributed by atoms with E-state index in [-0.39, 0.29) is 15.4 Å².